The Balaban J connectivity index is 1.07. The first kappa shape index (κ1) is 40.4. The largest absolute Gasteiger partial charge is 0.457 e. The molecule has 0 aliphatic carbocycles. The zero-order chi connectivity index (χ0) is 41.0. The molecular weight excluding hydrogens is 745 g/mol. The molecule has 0 radical (unpaired) electrons. The van der Waals surface area contributed by atoms with Crippen molar-refractivity contribution in [3.8, 4) is 0 Å². The molecule has 0 atom stereocenters. The summed E-state index contributed by atoms with van der Waals surface area (Å²) in [6.45, 7) is 13.2. The molecule has 10 nitrogen and oxygen atoms in total. The molecule has 0 saturated carbocycles. The van der Waals surface area contributed by atoms with Gasteiger partial charge in [-0.1, -0.05) is 62.4 Å². The third-order valence-electron chi connectivity index (χ3n) is 11.7. The highest BCUT2D eigenvalue weighted by Crippen LogP contribution is 2.48. The predicted octanol–water partition coefficient (Wildman–Crippen LogP) is 8.54. The maximum absolute atomic E-state index is 12.8. The van der Waals surface area contributed by atoms with Crippen LogP contribution < -0.4 is 4.90 Å². The van der Waals surface area contributed by atoms with Crippen molar-refractivity contribution in [3.05, 3.63) is 154 Å². The molecule has 4 aromatic rings. The van der Waals surface area contributed by atoms with Gasteiger partial charge in [-0.05, 0) is 85.1 Å². The van der Waals surface area contributed by atoms with E-state index in [4.69, 9.17) is 28.4 Å². The average Bonchev–Trinajstić information content (AvgIpc) is 4.05. The number of nitrogens with zero attached hydrogens (tertiary/aromatic N) is 2. The van der Waals surface area contributed by atoms with Gasteiger partial charge in [-0.25, -0.2) is 9.59 Å². The number of fused-ring (bicyclic) bond motifs is 2. The number of carbonyl (C=O) groups excluding carboxylic acids is 2. The van der Waals surface area contributed by atoms with Gasteiger partial charge < -0.3 is 33.3 Å². The molecule has 59 heavy (non-hydrogen) atoms. The van der Waals surface area contributed by atoms with Crippen molar-refractivity contribution in [2.24, 2.45) is 0 Å². The molecule has 4 heterocycles. The summed E-state index contributed by atoms with van der Waals surface area (Å²) in [5, 5.41) is 0. The van der Waals surface area contributed by atoms with Gasteiger partial charge in [0.05, 0.1) is 49.4 Å². The predicted molar refractivity (Wildman–Crippen MR) is 225 cm³/mol. The molecule has 0 aromatic heterocycles. The van der Waals surface area contributed by atoms with Crippen molar-refractivity contribution in [1.29, 1.82) is 0 Å². The molecule has 0 bridgehead atoms. The fraction of sp³-hybridized carbons (Fsp3) is 0.367. The number of carbonyl (C=O) groups is 2. The van der Waals surface area contributed by atoms with Gasteiger partial charge in [-0.3, -0.25) is 0 Å². The van der Waals surface area contributed by atoms with Crippen molar-refractivity contribution in [2.45, 2.75) is 77.2 Å². The maximum Gasteiger partial charge on any atom is 0.338 e. The van der Waals surface area contributed by atoms with Crippen molar-refractivity contribution < 1.29 is 42.6 Å². The summed E-state index contributed by atoms with van der Waals surface area (Å²) in [4.78, 5) is 27.9. The summed E-state index contributed by atoms with van der Waals surface area (Å²) in [5.41, 5.74) is 9.06. The van der Waals surface area contributed by atoms with Gasteiger partial charge in [0.2, 0.25) is 5.69 Å². The van der Waals surface area contributed by atoms with Crippen LogP contribution in [0.15, 0.2) is 121 Å². The third-order valence-corrected chi connectivity index (χ3v) is 11.7. The lowest BCUT2D eigenvalue weighted by atomic mass is 9.80. The molecule has 0 spiro atoms. The zero-order valence-corrected chi connectivity index (χ0v) is 34.4. The molecule has 4 aliphatic heterocycles. The highest BCUT2D eigenvalue weighted by atomic mass is 16.7. The molecule has 4 aliphatic rings. The Kier molecular flexibility index (Phi) is 11.9. The van der Waals surface area contributed by atoms with Crippen LogP contribution in [0.3, 0.4) is 0 Å². The topological polar surface area (TPSA) is 95.8 Å². The number of anilines is 1. The SMILES string of the molecule is CC1(C)C(/C=C/C=C2/N(CCC3OCCO3)c3ccc(COC(=O)c4ccccc4)cc3C2(C)C)=[N+](CCC2OCCO2)c2ccc(COC(=O)c3ccccc3)cc21. The number of benzene rings is 4. The summed E-state index contributed by atoms with van der Waals surface area (Å²) >= 11 is 0. The van der Waals surface area contributed by atoms with Crippen LogP contribution in [0.4, 0.5) is 11.4 Å². The van der Waals surface area contributed by atoms with E-state index in [1.165, 1.54) is 11.1 Å². The molecular formula is C49H53N2O8+. The number of rotatable bonds is 14. The number of ether oxygens (including phenoxy) is 6. The van der Waals surface area contributed by atoms with E-state index in [1.807, 2.05) is 48.5 Å². The summed E-state index contributed by atoms with van der Waals surface area (Å²) in [5.74, 6) is -0.687. The van der Waals surface area contributed by atoms with Crippen molar-refractivity contribution in [3.63, 3.8) is 0 Å². The Hall–Kier alpha value is -5.39. The first-order valence-electron chi connectivity index (χ1n) is 20.6. The number of esters is 2. The number of allylic oxidation sites excluding steroid dienone is 4. The van der Waals surface area contributed by atoms with Gasteiger partial charge in [-0.2, -0.15) is 4.58 Å². The average molecular weight is 798 g/mol. The second-order valence-electron chi connectivity index (χ2n) is 16.4. The first-order valence-corrected chi connectivity index (χ1v) is 20.6. The molecule has 4 aromatic carbocycles. The Morgan fingerprint density at radius 2 is 1.24 bits per heavy atom. The van der Waals surface area contributed by atoms with Crippen LogP contribution in [-0.4, -0.2) is 74.3 Å². The normalized spacial score (nSPS) is 19.2. The lowest BCUT2D eigenvalue weighted by molar-refractivity contribution is -0.442. The molecule has 0 unspecified atom stereocenters. The minimum absolute atomic E-state index is 0.178. The van der Waals surface area contributed by atoms with E-state index >= 15 is 0 Å². The van der Waals surface area contributed by atoms with E-state index < -0.39 is 0 Å². The fourth-order valence-electron chi connectivity index (χ4n) is 8.57. The highest BCUT2D eigenvalue weighted by molar-refractivity contribution is 6.03. The van der Waals surface area contributed by atoms with Gasteiger partial charge in [0, 0.05) is 47.5 Å². The van der Waals surface area contributed by atoms with Crippen LogP contribution in [0.2, 0.25) is 0 Å². The summed E-state index contributed by atoms with van der Waals surface area (Å²) in [6.07, 6.45) is 7.58. The van der Waals surface area contributed by atoms with E-state index in [1.54, 1.807) is 24.3 Å². The Bertz CT molecular complexity index is 2250. The maximum atomic E-state index is 12.8. The molecule has 8 rings (SSSR count). The second-order valence-corrected chi connectivity index (χ2v) is 16.4. The van der Waals surface area contributed by atoms with Crippen LogP contribution in [-0.2, 0) is 52.5 Å². The van der Waals surface area contributed by atoms with E-state index in [9.17, 15) is 9.59 Å². The number of hydrogen-bond donors (Lipinski definition) is 0. The summed E-state index contributed by atoms with van der Waals surface area (Å²) < 4.78 is 37.2. The highest BCUT2D eigenvalue weighted by Gasteiger charge is 2.45. The Morgan fingerprint density at radius 1 is 0.695 bits per heavy atom. The number of hydrogen-bond acceptors (Lipinski definition) is 9. The van der Waals surface area contributed by atoms with Crippen LogP contribution in [0.25, 0.3) is 0 Å². The van der Waals surface area contributed by atoms with Crippen molar-refractivity contribution >= 4 is 29.0 Å². The lowest BCUT2D eigenvalue weighted by Crippen LogP contribution is -2.29. The lowest BCUT2D eigenvalue weighted by Gasteiger charge is -2.27. The summed E-state index contributed by atoms with van der Waals surface area (Å²) in [6, 6.07) is 30.9. The molecule has 0 amide bonds. The van der Waals surface area contributed by atoms with E-state index in [0.29, 0.717) is 50.6 Å². The van der Waals surface area contributed by atoms with E-state index in [0.717, 1.165) is 46.8 Å². The van der Waals surface area contributed by atoms with E-state index in [-0.39, 0.29) is 48.6 Å². The molecule has 306 valence electrons. The van der Waals surface area contributed by atoms with Gasteiger partial charge in [-0.15, -0.1) is 0 Å². The third kappa shape index (κ3) is 8.68. The van der Waals surface area contributed by atoms with Crippen molar-refractivity contribution in [1.82, 2.24) is 0 Å². The molecule has 0 N–H and O–H groups in total. The summed E-state index contributed by atoms with van der Waals surface area (Å²) in [7, 11) is 0. The van der Waals surface area contributed by atoms with Crippen LogP contribution >= 0.6 is 0 Å². The smallest absolute Gasteiger partial charge is 0.338 e. The van der Waals surface area contributed by atoms with Gasteiger partial charge in [0.1, 0.15) is 13.2 Å². The molecule has 2 saturated heterocycles. The van der Waals surface area contributed by atoms with Crippen LogP contribution in [0, 0.1) is 0 Å². The minimum Gasteiger partial charge on any atom is -0.457 e. The standard InChI is InChI=1S/C49H53N2O8/c1-48(2)38-30-34(32-58-46(52)36-12-7-5-8-13-36)18-20-40(38)50(24-22-44-54-26-27-55-44)42(48)16-11-17-43-49(3,4)39-31-35(33-59-47(53)37-14-9-6-10-15-37)19-21-41(39)51(43)25-23-45-56-28-29-57-45/h5-21,30-31,44-45H,22-29,32-33H2,1-4H3/q+1. The van der Waals surface area contributed by atoms with Crippen molar-refractivity contribution in [2.75, 3.05) is 44.4 Å². The second kappa shape index (κ2) is 17.5. The molecule has 10 heteroatoms. The Morgan fingerprint density at radius 3 is 1.83 bits per heavy atom. The van der Waals surface area contributed by atoms with Crippen LogP contribution in [0.1, 0.15) is 83.5 Å². The molecule has 2 fully saturated rings. The first-order chi connectivity index (χ1) is 28.6. The van der Waals surface area contributed by atoms with Gasteiger partial charge >= 0.3 is 11.9 Å². The zero-order valence-electron chi connectivity index (χ0n) is 34.4. The quantitative estimate of drug-likeness (QED) is 0.0919. The van der Waals surface area contributed by atoms with Gasteiger partial charge in [0.25, 0.3) is 0 Å². The Labute approximate surface area is 346 Å². The monoisotopic (exact) mass is 797 g/mol. The van der Waals surface area contributed by atoms with Gasteiger partial charge in [0.15, 0.2) is 24.8 Å². The van der Waals surface area contributed by atoms with E-state index in [2.05, 4.69) is 79.7 Å². The minimum atomic E-state index is -0.363. The van der Waals surface area contributed by atoms with Crippen LogP contribution in [0.5, 0.6) is 0 Å². The fourth-order valence-corrected chi connectivity index (χ4v) is 8.57.